The van der Waals surface area contributed by atoms with Crippen LogP contribution in [0.1, 0.15) is 54.1 Å². The summed E-state index contributed by atoms with van der Waals surface area (Å²) in [7, 11) is 0. The van der Waals surface area contributed by atoms with Crippen molar-refractivity contribution in [2.45, 2.75) is 44.4 Å². The Morgan fingerprint density at radius 3 is 2.75 bits per heavy atom. The zero-order chi connectivity index (χ0) is 16.1. The summed E-state index contributed by atoms with van der Waals surface area (Å²) in [5, 5.41) is 5.40. The molecule has 1 saturated heterocycles. The molecular weight excluding hydrogens is 322 g/mol. The van der Waals surface area contributed by atoms with Gasteiger partial charge in [-0.15, -0.1) is 11.3 Å². The molecule has 0 aromatic carbocycles. The smallest absolute Gasteiger partial charge is 0.229 e. The lowest BCUT2D eigenvalue weighted by atomic mass is 9.96. The lowest BCUT2D eigenvalue weighted by Crippen LogP contribution is -2.33. The average molecular weight is 341 g/mol. The molecule has 0 bridgehead atoms. The molecule has 4 heterocycles. The summed E-state index contributed by atoms with van der Waals surface area (Å²) >= 11 is 1.73. The molecule has 3 aromatic rings. The summed E-state index contributed by atoms with van der Waals surface area (Å²) in [6.07, 6.45) is 6.16. The molecule has 6 nitrogen and oxygen atoms in total. The van der Waals surface area contributed by atoms with Crippen LogP contribution in [0, 0.1) is 6.92 Å². The van der Waals surface area contributed by atoms with Crippen molar-refractivity contribution in [2.75, 3.05) is 18.0 Å². The van der Waals surface area contributed by atoms with Crippen molar-refractivity contribution in [1.82, 2.24) is 20.1 Å². The number of piperidine rings is 1. The molecule has 7 heteroatoms. The minimum atomic E-state index is 0.402. The Kier molecular flexibility index (Phi) is 3.29. The molecule has 0 amide bonds. The quantitative estimate of drug-likeness (QED) is 0.724. The second-order valence-corrected chi connectivity index (χ2v) is 8.03. The van der Waals surface area contributed by atoms with E-state index in [2.05, 4.69) is 38.0 Å². The van der Waals surface area contributed by atoms with Gasteiger partial charge in [-0.3, -0.25) is 0 Å². The number of nitrogens with zero attached hydrogens (tertiary/aromatic N) is 5. The third kappa shape index (κ3) is 2.47. The molecule has 2 aliphatic rings. The minimum absolute atomic E-state index is 0.402. The van der Waals surface area contributed by atoms with Crippen LogP contribution < -0.4 is 4.90 Å². The van der Waals surface area contributed by atoms with Crippen LogP contribution in [0.3, 0.4) is 0 Å². The van der Waals surface area contributed by atoms with Crippen molar-refractivity contribution in [2.24, 2.45) is 0 Å². The van der Waals surface area contributed by atoms with Crippen molar-refractivity contribution >= 4 is 27.4 Å². The van der Waals surface area contributed by atoms with Gasteiger partial charge in [-0.25, -0.2) is 9.97 Å². The number of aryl methyl sites for hydroxylation is 1. The van der Waals surface area contributed by atoms with Gasteiger partial charge in [0.05, 0.1) is 5.39 Å². The Hall–Kier alpha value is -2.02. The highest BCUT2D eigenvalue weighted by Crippen LogP contribution is 2.40. The third-order valence-electron chi connectivity index (χ3n) is 4.98. The molecule has 3 aromatic heterocycles. The van der Waals surface area contributed by atoms with Crippen LogP contribution in [0.4, 0.5) is 5.82 Å². The van der Waals surface area contributed by atoms with E-state index in [0.717, 1.165) is 48.3 Å². The first-order valence-corrected chi connectivity index (χ1v) is 9.39. The van der Waals surface area contributed by atoms with Crippen LogP contribution in [0.2, 0.25) is 0 Å². The fourth-order valence-electron chi connectivity index (χ4n) is 3.47. The highest BCUT2D eigenvalue weighted by atomic mass is 32.1. The fraction of sp³-hybridized carbons (Fsp3) is 0.529. The average Bonchev–Trinajstić information content (AvgIpc) is 3.20. The lowest BCUT2D eigenvalue weighted by Gasteiger charge is -2.31. The SMILES string of the molecule is Cc1cc2c(N3CCC(c4noc(C5CC5)n4)CC3)ncnc2s1. The van der Waals surface area contributed by atoms with Crippen LogP contribution in [0.25, 0.3) is 10.2 Å². The highest BCUT2D eigenvalue weighted by Gasteiger charge is 2.32. The zero-order valence-electron chi connectivity index (χ0n) is 13.6. The van der Waals surface area contributed by atoms with Crippen molar-refractivity contribution in [3.63, 3.8) is 0 Å². The van der Waals surface area contributed by atoms with Gasteiger partial charge < -0.3 is 9.42 Å². The van der Waals surface area contributed by atoms with Crippen LogP contribution in [-0.2, 0) is 0 Å². The van der Waals surface area contributed by atoms with Gasteiger partial charge in [0.1, 0.15) is 17.0 Å². The summed E-state index contributed by atoms with van der Waals surface area (Å²) in [6.45, 7) is 4.06. The Balaban J connectivity index is 1.33. The Labute approximate surface area is 143 Å². The molecule has 0 unspecified atom stereocenters. The van der Waals surface area contributed by atoms with E-state index < -0.39 is 0 Å². The maximum Gasteiger partial charge on any atom is 0.229 e. The molecule has 0 spiro atoms. The first-order valence-electron chi connectivity index (χ1n) is 8.57. The Bertz CT molecular complexity index is 876. The number of fused-ring (bicyclic) bond motifs is 1. The van der Waals surface area contributed by atoms with Gasteiger partial charge in [-0.05, 0) is 38.7 Å². The molecule has 24 heavy (non-hydrogen) atoms. The van der Waals surface area contributed by atoms with Gasteiger partial charge in [-0.2, -0.15) is 4.98 Å². The molecule has 124 valence electrons. The molecular formula is C17H19N5OS. The van der Waals surface area contributed by atoms with E-state index in [0.29, 0.717) is 11.8 Å². The Morgan fingerprint density at radius 1 is 1.12 bits per heavy atom. The number of thiophene rings is 1. The standard InChI is InChI=1S/C17H19N5OS/c1-10-8-13-15(18-9-19-17(13)24-10)22-6-4-11(5-7-22)14-20-16(23-21-14)12-2-3-12/h8-9,11-12H,2-7H2,1H3. The largest absolute Gasteiger partial charge is 0.356 e. The van der Waals surface area contributed by atoms with Gasteiger partial charge in [0.2, 0.25) is 5.89 Å². The van der Waals surface area contributed by atoms with Gasteiger partial charge in [0.25, 0.3) is 0 Å². The first-order chi connectivity index (χ1) is 11.8. The molecule has 0 N–H and O–H groups in total. The maximum atomic E-state index is 5.42. The molecule has 0 atom stereocenters. The van der Waals surface area contributed by atoms with E-state index in [1.54, 1.807) is 17.7 Å². The zero-order valence-corrected chi connectivity index (χ0v) is 14.4. The molecule has 0 radical (unpaired) electrons. The van der Waals surface area contributed by atoms with E-state index in [1.165, 1.54) is 23.1 Å². The van der Waals surface area contributed by atoms with E-state index in [9.17, 15) is 0 Å². The van der Waals surface area contributed by atoms with E-state index in [4.69, 9.17) is 4.52 Å². The molecule has 2 fully saturated rings. The van der Waals surface area contributed by atoms with Crippen LogP contribution in [-0.4, -0.2) is 33.2 Å². The summed E-state index contributed by atoms with van der Waals surface area (Å²) in [6, 6.07) is 2.20. The summed E-state index contributed by atoms with van der Waals surface area (Å²) in [5.41, 5.74) is 0. The van der Waals surface area contributed by atoms with Gasteiger partial charge >= 0.3 is 0 Å². The number of anilines is 1. The number of rotatable bonds is 3. The van der Waals surface area contributed by atoms with E-state index in [1.807, 2.05) is 0 Å². The summed E-state index contributed by atoms with van der Waals surface area (Å²) < 4.78 is 5.42. The number of hydrogen-bond acceptors (Lipinski definition) is 7. The van der Waals surface area contributed by atoms with Gasteiger partial charge in [-0.1, -0.05) is 5.16 Å². The molecule has 1 aliphatic heterocycles. The van der Waals surface area contributed by atoms with E-state index >= 15 is 0 Å². The van der Waals surface area contributed by atoms with Crippen molar-refractivity contribution in [3.05, 3.63) is 29.0 Å². The molecule has 1 saturated carbocycles. The van der Waals surface area contributed by atoms with Crippen molar-refractivity contribution < 1.29 is 4.52 Å². The normalized spacial score (nSPS) is 19.3. The Morgan fingerprint density at radius 2 is 1.96 bits per heavy atom. The summed E-state index contributed by atoms with van der Waals surface area (Å²) in [5.74, 6) is 3.74. The lowest BCUT2D eigenvalue weighted by molar-refractivity contribution is 0.365. The van der Waals surface area contributed by atoms with Crippen molar-refractivity contribution in [1.29, 1.82) is 0 Å². The minimum Gasteiger partial charge on any atom is -0.356 e. The second kappa shape index (κ2) is 5.51. The maximum absolute atomic E-state index is 5.42. The van der Waals surface area contributed by atoms with Crippen LogP contribution >= 0.6 is 11.3 Å². The predicted molar refractivity (Wildman–Crippen MR) is 92.6 cm³/mol. The second-order valence-electron chi connectivity index (χ2n) is 6.80. The third-order valence-corrected chi connectivity index (χ3v) is 5.93. The highest BCUT2D eigenvalue weighted by molar-refractivity contribution is 7.18. The predicted octanol–water partition coefficient (Wildman–Crippen LogP) is 3.64. The molecule has 1 aliphatic carbocycles. The molecule has 5 rings (SSSR count). The van der Waals surface area contributed by atoms with E-state index in [-0.39, 0.29) is 0 Å². The van der Waals surface area contributed by atoms with Crippen LogP contribution in [0.5, 0.6) is 0 Å². The van der Waals surface area contributed by atoms with Crippen LogP contribution in [0.15, 0.2) is 16.9 Å². The summed E-state index contributed by atoms with van der Waals surface area (Å²) in [4.78, 5) is 18.3. The van der Waals surface area contributed by atoms with Crippen molar-refractivity contribution in [3.8, 4) is 0 Å². The van der Waals surface area contributed by atoms with Gasteiger partial charge in [0.15, 0.2) is 5.82 Å². The number of aromatic nitrogens is 4. The topological polar surface area (TPSA) is 67.9 Å². The first kappa shape index (κ1) is 14.3. The number of hydrogen-bond donors (Lipinski definition) is 0. The fourth-order valence-corrected chi connectivity index (χ4v) is 4.32. The van der Waals surface area contributed by atoms with Gasteiger partial charge in [0, 0.05) is 29.8 Å². The monoisotopic (exact) mass is 341 g/mol.